The average Bonchev–Trinajstić information content (AvgIpc) is 3.88. The number of aromatic nitrogens is 4. The van der Waals surface area contributed by atoms with Gasteiger partial charge in [-0.05, 0) is 65.4 Å². The van der Waals surface area contributed by atoms with Crippen LogP contribution in [-0.4, -0.2) is 19.1 Å². The third-order valence-electron chi connectivity index (χ3n) is 10.9. The normalized spacial score (nSPS) is 12.2. The topological polar surface area (TPSA) is 48.8 Å². The summed E-state index contributed by atoms with van der Waals surface area (Å²) in [5.41, 5.74) is 10.1. The molecule has 0 bridgehead atoms. The quantitative estimate of drug-likeness (QED) is 0.187. The zero-order chi connectivity index (χ0) is 34.6. The molecular weight excluding hydrogens is 649 g/mol. The molecule has 4 aromatic heterocycles. The van der Waals surface area contributed by atoms with Gasteiger partial charge < -0.3 is 8.98 Å². The van der Waals surface area contributed by atoms with Gasteiger partial charge in [-0.15, -0.1) is 0 Å². The predicted molar refractivity (Wildman–Crippen MR) is 218 cm³/mol. The molecule has 12 aromatic rings. The van der Waals surface area contributed by atoms with Crippen molar-refractivity contribution in [3.05, 3.63) is 170 Å². The largest absolute Gasteiger partial charge is 0.456 e. The Balaban J connectivity index is 1.14. The van der Waals surface area contributed by atoms with Crippen LogP contribution in [0.1, 0.15) is 0 Å². The summed E-state index contributed by atoms with van der Waals surface area (Å²) in [5, 5.41) is 10.3. The lowest BCUT2D eigenvalue weighted by Gasteiger charge is -2.14. The maximum atomic E-state index is 6.50. The summed E-state index contributed by atoms with van der Waals surface area (Å²) in [4.78, 5) is 10.7. The van der Waals surface area contributed by atoms with Crippen LogP contribution in [0.25, 0.3) is 110 Å². The van der Waals surface area contributed by atoms with E-state index in [9.17, 15) is 0 Å². The molecule has 0 N–H and O–H groups in total. The van der Waals surface area contributed by atoms with Gasteiger partial charge in [0.15, 0.2) is 0 Å². The highest BCUT2D eigenvalue weighted by Crippen LogP contribution is 2.42. The van der Waals surface area contributed by atoms with Gasteiger partial charge in [-0.3, -0.25) is 4.57 Å². The lowest BCUT2D eigenvalue weighted by molar-refractivity contribution is 0.669. The molecule has 0 unspecified atom stereocenters. The maximum Gasteiger partial charge on any atom is 0.235 e. The summed E-state index contributed by atoms with van der Waals surface area (Å²) >= 11 is 0. The standard InChI is InChI=1S/C48H28N4O/c1-2-17-34-30(13-1)38(28-45-46(34)36-19-7-12-24-44(36)53-45)47-35-18-3-8-20-39(35)49-48(50-47)52-42-23-11-6-16-33(42)37-27-29(25-26-43(37)52)51-40-21-9-4-14-31(40)32-15-5-10-22-41(32)51/h1-28H. The Hall–Kier alpha value is -7.24. The summed E-state index contributed by atoms with van der Waals surface area (Å²) in [6, 6.07) is 60.0. The number of rotatable bonds is 3. The van der Waals surface area contributed by atoms with E-state index in [1.165, 1.54) is 21.8 Å². The molecule has 8 aromatic carbocycles. The number of fused-ring (bicyclic) bond motifs is 12. The van der Waals surface area contributed by atoms with Crippen molar-refractivity contribution in [3.8, 4) is 22.9 Å². The first-order valence-corrected chi connectivity index (χ1v) is 17.9. The molecule has 246 valence electrons. The van der Waals surface area contributed by atoms with E-state index in [-0.39, 0.29) is 0 Å². The summed E-state index contributed by atoms with van der Waals surface area (Å²) in [6.45, 7) is 0. The maximum absolute atomic E-state index is 6.50. The molecule has 0 amide bonds. The Morgan fingerprint density at radius 1 is 0.377 bits per heavy atom. The van der Waals surface area contributed by atoms with Crippen molar-refractivity contribution in [3.63, 3.8) is 0 Å². The molecule has 0 atom stereocenters. The zero-order valence-electron chi connectivity index (χ0n) is 28.4. The first kappa shape index (κ1) is 28.5. The van der Waals surface area contributed by atoms with E-state index < -0.39 is 0 Å². The minimum atomic E-state index is 0.628. The van der Waals surface area contributed by atoms with Crippen LogP contribution in [0.15, 0.2) is 174 Å². The van der Waals surface area contributed by atoms with Crippen LogP contribution in [0.5, 0.6) is 0 Å². The highest BCUT2D eigenvalue weighted by Gasteiger charge is 2.21. The van der Waals surface area contributed by atoms with Crippen LogP contribution in [0.2, 0.25) is 0 Å². The van der Waals surface area contributed by atoms with Crippen molar-refractivity contribution in [1.82, 2.24) is 19.1 Å². The van der Waals surface area contributed by atoms with Crippen molar-refractivity contribution in [2.45, 2.75) is 0 Å². The second-order valence-corrected chi connectivity index (χ2v) is 13.8. The summed E-state index contributed by atoms with van der Waals surface area (Å²) in [6.07, 6.45) is 0. The van der Waals surface area contributed by atoms with E-state index in [2.05, 4.69) is 161 Å². The Kier molecular flexibility index (Phi) is 5.71. The van der Waals surface area contributed by atoms with Crippen LogP contribution in [0.4, 0.5) is 0 Å². The minimum Gasteiger partial charge on any atom is -0.456 e. The molecule has 0 saturated heterocycles. The van der Waals surface area contributed by atoms with Gasteiger partial charge in [0.05, 0.1) is 33.3 Å². The number of hydrogen-bond donors (Lipinski definition) is 0. The third-order valence-corrected chi connectivity index (χ3v) is 10.9. The van der Waals surface area contributed by atoms with Crippen LogP contribution >= 0.6 is 0 Å². The monoisotopic (exact) mass is 676 g/mol. The van der Waals surface area contributed by atoms with Gasteiger partial charge in [0, 0.05) is 49.0 Å². The first-order valence-electron chi connectivity index (χ1n) is 17.9. The fourth-order valence-corrected chi connectivity index (χ4v) is 8.67. The molecule has 4 heterocycles. The second kappa shape index (κ2) is 10.6. The highest BCUT2D eigenvalue weighted by atomic mass is 16.3. The van der Waals surface area contributed by atoms with E-state index in [4.69, 9.17) is 14.4 Å². The minimum absolute atomic E-state index is 0.628. The molecule has 0 aliphatic heterocycles. The second-order valence-electron chi connectivity index (χ2n) is 13.8. The SMILES string of the molecule is c1ccc2c(-c3cc4oc5ccccc5c4c4ccccc34)nc(-n3c4ccccc4c4cc(-n5c6ccccc6c6ccccc65)ccc43)nc2c1. The van der Waals surface area contributed by atoms with Gasteiger partial charge >= 0.3 is 0 Å². The summed E-state index contributed by atoms with van der Waals surface area (Å²) in [7, 11) is 0. The molecule has 0 fully saturated rings. The lowest BCUT2D eigenvalue weighted by atomic mass is 9.96. The third kappa shape index (κ3) is 3.96. The van der Waals surface area contributed by atoms with Crippen molar-refractivity contribution in [2.24, 2.45) is 0 Å². The molecule has 53 heavy (non-hydrogen) atoms. The molecular formula is C48H28N4O. The van der Waals surface area contributed by atoms with Crippen LogP contribution in [0.3, 0.4) is 0 Å². The van der Waals surface area contributed by atoms with Gasteiger partial charge in [-0.25, -0.2) is 9.97 Å². The lowest BCUT2D eigenvalue weighted by Crippen LogP contribution is -2.03. The number of para-hydroxylation sites is 5. The Bertz CT molecular complexity index is 3420. The van der Waals surface area contributed by atoms with Gasteiger partial charge in [-0.1, -0.05) is 115 Å². The van der Waals surface area contributed by atoms with E-state index in [0.717, 1.165) is 82.4 Å². The molecule has 0 radical (unpaired) electrons. The van der Waals surface area contributed by atoms with Gasteiger partial charge in [0.2, 0.25) is 5.95 Å². The molecule has 5 heteroatoms. The number of nitrogens with zero attached hydrogens (tertiary/aromatic N) is 4. The fourth-order valence-electron chi connectivity index (χ4n) is 8.67. The number of benzene rings is 8. The first-order chi connectivity index (χ1) is 26.3. The van der Waals surface area contributed by atoms with Crippen LogP contribution in [0, 0.1) is 0 Å². The molecule has 0 spiro atoms. The van der Waals surface area contributed by atoms with Crippen LogP contribution in [-0.2, 0) is 0 Å². The smallest absolute Gasteiger partial charge is 0.235 e. The van der Waals surface area contributed by atoms with E-state index >= 15 is 0 Å². The fraction of sp³-hybridized carbons (Fsp3) is 0. The van der Waals surface area contributed by atoms with E-state index in [0.29, 0.717) is 5.95 Å². The number of furan rings is 1. The van der Waals surface area contributed by atoms with Crippen molar-refractivity contribution < 1.29 is 4.42 Å². The molecule has 12 rings (SSSR count). The Morgan fingerprint density at radius 2 is 0.925 bits per heavy atom. The van der Waals surface area contributed by atoms with E-state index in [1.54, 1.807) is 0 Å². The number of hydrogen-bond acceptors (Lipinski definition) is 3. The molecule has 0 aliphatic carbocycles. The van der Waals surface area contributed by atoms with Crippen LogP contribution < -0.4 is 0 Å². The predicted octanol–water partition coefficient (Wildman–Crippen LogP) is 12.5. The van der Waals surface area contributed by atoms with Crippen molar-refractivity contribution in [1.29, 1.82) is 0 Å². The molecule has 0 saturated carbocycles. The molecule has 5 nitrogen and oxygen atoms in total. The summed E-state index contributed by atoms with van der Waals surface area (Å²) < 4.78 is 11.1. The molecule has 0 aliphatic rings. The van der Waals surface area contributed by atoms with Crippen molar-refractivity contribution >= 4 is 87.2 Å². The Labute approximate surface area is 302 Å². The Morgan fingerprint density at radius 3 is 1.66 bits per heavy atom. The summed E-state index contributed by atoms with van der Waals surface area (Å²) in [5.74, 6) is 0.628. The van der Waals surface area contributed by atoms with E-state index in [1.807, 2.05) is 18.2 Å². The highest BCUT2D eigenvalue weighted by molar-refractivity contribution is 6.23. The average molecular weight is 677 g/mol. The van der Waals surface area contributed by atoms with Crippen molar-refractivity contribution in [2.75, 3.05) is 0 Å². The van der Waals surface area contributed by atoms with Gasteiger partial charge in [0.25, 0.3) is 0 Å². The zero-order valence-corrected chi connectivity index (χ0v) is 28.4. The van der Waals surface area contributed by atoms with Gasteiger partial charge in [0.1, 0.15) is 11.2 Å². The van der Waals surface area contributed by atoms with Gasteiger partial charge in [-0.2, -0.15) is 0 Å².